The third kappa shape index (κ3) is 3.14. The molecule has 1 aromatic heterocycles. The molecular formula is C7H4NNaO4. The molecule has 0 aromatic carbocycles. The van der Waals surface area contributed by atoms with Crippen molar-refractivity contribution in [2.24, 2.45) is 0 Å². The topological polar surface area (TPSA) is 90.3 Å². The van der Waals surface area contributed by atoms with Gasteiger partial charge in [0.25, 0.3) is 0 Å². The van der Waals surface area contributed by atoms with E-state index in [0.29, 0.717) is 0 Å². The van der Waals surface area contributed by atoms with E-state index in [9.17, 15) is 14.7 Å². The predicted molar refractivity (Wildman–Crippen MR) is 35.5 cm³/mol. The molecule has 0 unspecified atom stereocenters. The van der Waals surface area contributed by atoms with E-state index in [0.717, 1.165) is 0 Å². The second-order valence-corrected chi connectivity index (χ2v) is 2.00. The number of carboxylic acids is 2. The average molecular weight is 189 g/mol. The van der Waals surface area contributed by atoms with Crippen LogP contribution < -0.4 is 34.7 Å². The van der Waals surface area contributed by atoms with Crippen molar-refractivity contribution in [3.63, 3.8) is 0 Å². The van der Waals surface area contributed by atoms with Crippen LogP contribution >= 0.6 is 0 Å². The minimum absolute atomic E-state index is 0. The van der Waals surface area contributed by atoms with Gasteiger partial charge in [-0.3, -0.25) is 0 Å². The molecule has 1 aromatic rings. The molecule has 0 saturated heterocycles. The first-order chi connectivity index (χ1) is 5.61. The number of carboxylic acid groups (broad SMARTS) is 2. The van der Waals surface area contributed by atoms with Crippen LogP contribution in [0.4, 0.5) is 0 Å². The molecule has 1 heterocycles. The fraction of sp³-hybridized carbons (Fsp3) is 0. The van der Waals surface area contributed by atoms with E-state index in [-0.39, 0.29) is 40.9 Å². The SMILES string of the molecule is O=C([O-])c1cccc(C(=O)O)n1.[Na+]. The minimum Gasteiger partial charge on any atom is -0.543 e. The van der Waals surface area contributed by atoms with Gasteiger partial charge in [0.15, 0.2) is 0 Å². The molecule has 1 rings (SSSR count). The third-order valence-electron chi connectivity index (χ3n) is 1.18. The van der Waals surface area contributed by atoms with Gasteiger partial charge in [0.2, 0.25) is 0 Å². The summed E-state index contributed by atoms with van der Waals surface area (Å²) < 4.78 is 0. The number of carbonyl (C=O) groups excluding carboxylic acids is 1. The Morgan fingerprint density at radius 3 is 2.31 bits per heavy atom. The number of carbonyl (C=O) groups is 2. The molecule has 0 radical (unpaired) electrons. The molecule has 0 saturated carbocycles. The summed E-state index contributed by atoms with van der Waals surface area (Å²) >= 11 is 0. The Kier molecular flexibility index (Phi) is 4.61. The Labute approximate surface area is 95.7 Å². The standard InChI is InChI=1S/C7H5NO4.Na/c9-6(10)4-2-1-3-5(8-4)7(11)12;/h1-3H,(H,9,10)(H,11,12);/q;+1/p-1. The number of hydrogen-bond donors (Lipinski definition) is 1. The number of pyridine rings is 1. The van der Waals surface area contributed by atoms with Gasteiger partial charge in [-0.05, 0) is 12.1 Å². The van der Waals surface area contributed by atoms with Crippen LogP contribution in [0.1, 0.15) is 21.0 Å². The Morgan fingerprint density at radius 1 is 1.31 bits per heavy atom. The van der Waals surface area contributed by atoms with Gasteiger partial charge in [-0.25, -0.2) is 9.78 Å². The number of nitrogens with zero attached hydrogens (tertiary/aromatic N) is 1. The van der Waals surface area contributed by atoms with Crippen LogP contribution in [0.3, 0.4) is 0 Å². The Hall–Kier alpha value is -0.910. The first-order valence-corrected chi connectivity index (χ1v) is 3.03. The van der Waals surface area contributed by atoms with Gasteiger partial charge in [0.05, 0.1) is 11.7 Å². The van der Waals surface area contributed by atoms with Gasteiger partial charge < -0.3 is 15.0 Å². The zero-order valence-corrected chi connectivity index (χ0v) is 8.85. The molecule has 0 bridgehead atoms. The van der Waals surface area contributed by atoms with Crippen molar-refractivity contribution in [1.82, 2.24) is 4.98 Å². The largest absolute Gasteiger partial charge is 1.00 e. The van der Waals surface area contributed by atoms with Crippen LogP contribution in [0, 0.1) is 0 Å². The molecule has 0 amide bonds. The zero-order valence-electron chi connectivity index (χ0n) is 6.85. The summed E-state index contributed by atoms with van der Waals surface area (Å²) in [5.74, 6) is -2.75. The summed E-state index contributed by atoms with van der Waals surface area (Å²) in [7, 11) is 0. The van der Waals surface area contributed by atoms with E-state index in [1.54, 1.807) is 0 Å². The Balaban J connectivity index is 0.00000144. The first-order valence-electron chi connectivity index (χ1n) is 3.03. The van der Waals surface area contributed by atoms with Crippen LogP contribution in [-0.2, 0) is 0 Å². The molecule has 6 heteroatoms. The smallest absolute Gasteiger partial charge is 0.543 e. The molecular weight excluding hydrogens is 185 g/mol. The van der Waals surface area contributed by atoms with Gasteiger partial charge in [-0.1, -0.05) is 6.07 Å². The van der Waals surface area contributed by atoms with Crippen LogP contribution in [-0.4, -0.2) is 22.0 Å². The summed E-state index contributed by atoms with van der Waals surface area (Å²) in [5, 5.41) is 18.6. The van der Waals surface area contributed by atoms with Crippen molar-refractivity contribution >= 4 is 11.9 Å². The second kappa shape index (κ2) is 4.96. The van der Waals surface area contributed by atoms with Crippen LogP contribution in [0.25, 0.3) is 0 Å². The molecule has 0 aliphatic heterocycles. The van der Waals surface area contributed by atoms with E-state index >= 15 is 0 Å². The van der Waals surface area contributed by atoms with E-state index < -0.39 is 11.9 Å². The quantitative estimate of drug-likeness (QED) is 0.481. The molecule has 0 fully saturated rings. The van der Waals surface area contributed by atoms with Crippen molar-refractivity contribution < 1.29 is 49.4 Å². The molecule has 62 valence electrons. The van der Waals surface area contributed by atoms with Crippen molar-refractivity contribution in [2.75, 3.05) is 0 Å². The molecule has 5 nitrogen and oxygen atoms in total. The van der Waals surface area contributed by atoms with Gasteiger partial charge in [0.1, 0.15) is 5.69 Å². The van der Waals surface area contributed by atoms with E-state index in [2.05, 4.69) is 4.98 Å². The van der Waals surface area contributed by atoms with Gasteiger partial charge >= 0.3 is 35.5 Å². The Bertz CT molecular complexity index is 310. The predicted octanol–water partition coefficient (Wildman–Crippen LogP) is -3.85. The van der Waals surface area contributed by atoms with Crippen molar-refractivity contribution in [2.45, 2.75) is 0 Å². The Morgan fingerprint density at radius 2 is 1.85 bits per heavy atom. The summed E-state index contributed by atoms with van der Waals surface area (Å²) in [6.07, 6.45) is 0. The average Bonchev–Trinajstić information content (AvgIpc) is 2.04. The summed E-state index contributed by atoms with van der Waals surface area (Å²) in [4.78, 5) is 23.8. The van der Waals surface area contributed by atoms with Crippen LogP contribution in [0.15, 0.2) is 18.2 Å². The molecule has 0 aliphatic rings. The van der Waals surface area contributed by atoms with E-state index in [1.807, 2.05) is 0 Å². The van der Waals surface area contributed by atoms with Crippen molar-refractivity contribution in [1.29, 1.82) is 0 Å². The van der Waals surface area contributed by atoms with Crippen LogP contribution in [0.5, 0.6) is 0 Å². The van der Waals surface area contributed by atoms with Gasteiger partial charge in [-0.2, -0.15) is 0 Å². The number of aromatic carboxylic acids is 2. The molecule has 0 atom stereocenters. The maximum absolute atomic E-state index is 10.3. The van der Waals surface area contributed by atoms with Gasteiger partial charge in [0, 0.05) is 0 Å². The summed E-state index contributed by atoms with van der Waals surface area (Å²) in [6, 6.07) is 3.66. The molecule has 0 aliphatic carbocycles. The number of hydrogen-bond acceptors (Lipinski definition) is 4. The van der Waals surface area contributed by atoms with E-state index in [1.165, 1.54) is 18.2 Å². The summed E-state index contributed by atoms with van der Waals surface area (Å²) in [5.41, 5.74) is -0.688. The van der Waals surface area contributed by atoms with Gasteiger partial charge in [-0.15, -0.1) is 0 Å². The zero-order chi connectivity index (χ0) is 9.14. The first kappa shape index (κ1) is 12.1. The number of rotatable bonds is 2. The third-order valence-corrected chi connectivity index (χ3v) is 1.18. The number of aromatic nitrogens is 1. The molecule has 1 N–H and O–H groups in total. The van der Waals surface area contributed by atoms with E-state index in [4.69, 9.17) is 5.11 Å². The molecule has 0 spiro atoms. The maximum Gasteiger partial charge on any atom is 1.00 e. The second-order valence-electron chi connectivity index (χ2n) is 2.00. The fourth-order valence-electron chi connectivity index (χ4n) is 0.668. The van der Waals surface area contributed by atoms with Crippen molar-refractivity contribution in [3.05, 3.63) is 29.6 Å². The summed E-state index contributed by atoms with van der Waals surface area (Å²) in [6.45, 7) is 0. The maximum atomic E-state index is 10.3. The fourth-order valence-corrected chi connectivity index (χ4v) is 0.668. The normalized spacial score (nSPS) is 8.62. The molecule has 13 heavy (non-hydrogen) atoms. The monoisotopic (exact) mass is 189 g/mol. The minimum atomic E-state index is -1.49. The van der Waals surface area contributed by atoms with Crippen LogP contribution in [0.2, 0.25) is 0 Å². The van der Waals surface area contributed by atoms with Crippen molar-refractivity contribution in [3.8, 4) is 0 Å².